The number of carbonyl (C=O) groups is 1. The van der Waals surface area contributed by atoms with Gasteiger partial charge >= 0.3 is 5.97 Å². The Balaban J connectivity index is 2.47. The van der Waals surface area contributed by atoms with Crippen molar-refractivity contribution >= 4 is 5.97 Å². The predicted molar refractivity (Wildman–Crippen MR) is 54.5 cm³/mol. The first-order valence-corrected chi connectivity index (χ1v) is 4.95. The number of rotatable bonds is 2. The van der Waals surface area contributed by atoms with Gasteiger partial charge in [-0.2, -0.15) is 5.10 Å². The first-order valence-electron chi connectivity index (χ1n) is 4.95. The van der Waals surface area contributed by atoms with E-state index in [0.717, 1.165) is 11.3 Å². The number of hydrogen-bond donors (Lipinski definition) is 2. The van der Waals surface area contributed by atoms with E-state index >= 15 is 0 Å². The summed E-state index contributed by atoms with van der Waals surface area (Å²) in [6.45, 7) is 1.89. The molecule has 5 heteroatoms. The van der Waals surface area contributed by atoms with Gasteiger partial charge in [-0.25, -0.2) is 0 Å². The van der Waals surface area contributed by atoms with Crippen LogP contribution in [0.3, 0.4) is 0 Å². The number of aryl methyl sites for hydroxylation is 2. The highest BCUT2D eigenvalue weighted by Crippen LogP contribution is 2.44. The molecule has 1 aliphatic rings. The van der Waals surface area contributed by atoms with E-state index in [1.54, 1.807) is 17.9 Å². The lowest BCUT2D eigenvalue weighted by atomic mass is 9.63. The van der Waals surface area contributed by atoms with Crippen LogP contribution in [0.2, 0.25) is 0 Å². The molecule has 5 nitrogen and oxygen atoms in total. The Bertz CT molecular complexity index is 385. The van der Waals surface area contributed by atoms with Gasteiger partial charge in [-0.05, 0) is 25.3 Å². The average molecular weight is 209 g/mol. The number of nitrogens with zero attached hydrogens (tertiary/aromatic N) is 2. The molecule has 0 bridgehead atoms. The van der Waals surface area contributed by atoms with E-state index < -0.39 is 11.4 Å². The van der Waals surface area contributed by atoms with Gasteiger partial charge in [0, 0.05) is 13.1 Å². The number of carboxylic acid groups (broad SMARTS) is 1. The molecule has 1 heterocycles. The lowest BCUT2D eigenvalue weighted by molar-refractivity contribution is -0.148. The largest absolute Gasteiger partial charge is 0.481 e. The zero-order valence-corrected chi connectivity index (χ0v) is 8.90. The van der Waals surface area contributed by atoms with Crippen LogP contribution in [0.1, 0.15) is 24.1 Å². The number of nitrogens with two attached hydrogens (primary N) is 1. The summed E-state index contributed by atoms with van der Waals surface area (Å²) < 4.78 is 1.65. The van der Waals surface area contributed by atoms with Gasteiger partial charge in [-0.1, -0.05) is 0 Å². The Morgan fingerprint density at radius 1 is 1.73 bits per heavy atom. The molecule has 0 aromatic carbocycles. The first-order chi connectivity index (χ1) is 6.97. The zero-order valence-electron chi connectivity index (χ0n) is 8.90. The van der Waals surface area contributed by atoms with Crippen LogP contribution in [0.5, 0.6) is 0 Å². The highest BCUT2D eigenvalue weighted by Gasteiger charge is 2.53. The first kappa shape index (κ1) is 10.2. The van der Waals surface area contributed by atoms with Crippen LogP contribution in [-0.2, 0) is 17.3 Å². The topological polar surface area (TPSA) is 81.1 Å². The van der Waals surface area contributed by atoms with Gasteiger partial charge in [0.1, 0.15) is 5.41 Å². The summed E-state index contributed by atoms with van der Waals surface area (Å²) in [5, 5.41) is 13.4. The normalized spacial score (nSPS) is 29.9. The molecule has 0 aliphatic heterocycles. The van der Waals surface area contributed by atoms with Crippen molar-refractivity contribution in [1.29, 1.82) is 0 Å². The molecular weight excluding hydrogens is 194 g/mol. The highest BCUT2D eigenvalue weighted by molar-refractivity contribution is 5.83. The fourth-order valence-electron chi connectivity index (χ4n) is 2.54. The van der Waals surface area contributed by atoms with Crippen LogP contribution < -0.4 is 5.73 Å². The maximum Gasteiger partial charge on any atom is 0.315 e. The van der Waals surface area contributed by atoms with Crippen LogP contribution in [-0.4, -0.2) is 26.9 Å². The second-order valence-corrected chi connectivity index (χ2v) is 4.36. The van der Waals surface area contributed by atoms with Gasteiger partial charge in [0.05, 0.1) is 11.9 Å². The summed E-state index contributed by atoms with van der Waals surface area (Å²) in [6, 6.07) is -0.00426. The van der Waals surface area contributed by atoms with Crippen molar-refractivity contribution < 1.29 is 9.90 Å². The minimum atomic E-state index is -0.811. The molecule has 0 unspecified atom stereocenters. The molecule has 0 saturated heterocycles. The molecule has 1 aliphatic carbocycles. The van der Waals surface area contributed by atoms with E-state index in [-0.39, 0.29) is 6.04 Å². The van der Waals surface area contributed by atoms with Crippen LogP contribution in [0.15, 0.2) is 6.20 Å². The summed E-state index contributed by atoms with van der Waals surface area (Å²) in [5.41, 5.74) is 6.61. The van der Waals surface area contributed by atoms with Crippen molar-refractivity contribution in [3.63, 3.8) is 0 Å². The highest BCUT2D eigenvalue weighted by atomic mass is 16.4. The number of carboxylic acids is 1. The Morgan fingerprint density at radius 2 is 2.33 bits per heavy atom. The SMILES string of the molecule is Cc1cnn(C)c1C1(C(=O)O)CC(N)C1. The molecule has 1 aromatic rings. The summed E-state index contributed by atoms with van der Waals surface area (Å²) in [4.78, 5) is 11.4. The molecule has 2 rings (SSSR count). The van der Waals surface area contributed by atoms with Crippen LogP contribution in [0.4, 0.5) is 0 Å². The van der Waals surface area contributed by atoms with E-state index in [0.29, 0.717) is 12.8 Å². The van der Waals surface area contributed by atoms with Crippen LogP contribution in [0.25, 0.3) is 0 Å². The number of hydrogen-bond acceptors (Lipinski definition) is 3. The summed E-state index contributed by atoms with van der Waals surface area (Å²) in [5.74, 6) is -0.795. The second kappa shape index (κ2) is 3.06. The van der Waals surface area contributed by atoms with Crippen molar-refractivity contribution in [2.24, 2.45) is 12.8 Å². The molecule has 15 heavy (non-hydrogen) atoms. The molecule has 1 aromatic heterocycles. The molecule has 0 radical (unpaired) electrons. The molecule has 1 fully saturated rings. The quantitative estimate of drug-likeness (QED) is 0.727. The molecule has 0 amide bonds. The van der Waals surface area contributed by atoms with Crippen molar-refractivity contribution in [1.82, 2.24) is 9.78 Å². The molecule has 1 saturated carbocycles. The number of aromatic nitrogens is 2. The van der Waals surface area contributed by atoms with E-state index in [2.05, 4.69) is 5.10 Å². The maximum absolute atomic E-state index is 11.4. The van der Waals surface area contributed by atoms with Crippen LogP contribution in [0, 0.1) is 6.92 Å². The van der Waals surface area contributed by atoms with E-state index in [1.165, 1.54) is 0 Å². The smallest absolute Gasteiger partial charge is 0.315 e. The number of aliphatic carboxylic acids is 1. The van der Waals surface area contributed by atoms with E-state index in [9.17, 15) is 9.90 Å². The fourth-order valence-corrected chi connectivity index (χ4v) is 2.54. The lowest BCUT2D eigenvalue weighted by Gasteiger charge is -2.42. The van der Waals surface area contributed by atoms with Crippen molar-refractivity contribution in [2.45, 2.75) is 31.2 Å². The Kier molecular flexibility index (Phi) is 2.08. The summed E-state index contributed by atoms with van der Waals surface area (Å²) >= 11 is 0. The average Bonchev–Trinajstić information content (AvgIpc) is 2.41. The third-order valence-electron chi connectivity index (χ3n) is 3.21. The molecular formula is C10H15N3O2. The summed E-state index contributed by atoms with van der Waals surface area (Å²) in [7, 11) is 1.77. The third-order valence-corrected chi connectivity index (χ3v) is 3.21. The monoisotopic (exact) mass is 209 g/mol. The summed E-state index contributed by atoms with van der Waals surface area (Å²) in [6.07, 6.45) is 2.70. The maximum atomic E-state index is 11.4. The Labute approximate surface area is 87.9 Å². The van der Waals surface area contributed by atoms with Gasteiger partial charge in [0.15, 0.2) is 0 Å². The molecule has 3 N–H and O–H groups in total. The molecule has 82 valence electrons. The minimum absolute atomic E-state index is 0.00426. The van der Waals surface area contributed by atoms with E-state index in [1.807, 2.05) is 6.92 Å². The minimum Gasteiger partial charge on any atom is -0.481 e. The predicted octanol–water partition coefficient (Wildman–Crippen LogP) is 0.172. The van der Waals surface area contributed by atoms with Gasteiger partial charge in [0.25, 0.3) is 0 Å². The fraction of sp³-hybridized carbons (Fsp3) is 0.600. The van der Waals surface area contributed by atoms with Gasteiger partial charge in [-0.15, -0.1) is 0 Å². The van der Waals surface area contributed by atoms with Gasteiger partial charge < -0.3 is 10.8 Å². The third kappa shape index (κ3) is 1.26. The lowest BCUT2D eigenvalue weighted by Crippen LogP contribution is -2.55. The molecule has 0 spiro atoms. The van der Waals surface area contributed by atoms with Crippen molar-refractivity contribution in [3.8, 4) is 0 Å². The molecule has 0 atom stereocenters. The second-order valence-electron chi connectivity index (χ2n) is 4.36. The van der Waals surface area contributed by atoms with Crippen molar-refractivity contribution in [3.05, 3.63) is 17.5 Å². The Morgan fingerprint density at radius 3 is 2.67 bits per heavy atom. The van der Waals surface area contributed by atoms with Gasteiger partial charge in [0.2, 0.25) is 0 Å². The van der Waals surface area contributed by atoms with Crippen molar-refractivity contribution in [2.75, 3.05) is 0 Å². The standard InChI is InChI=1S/C10H15N3O2/c1-6-5-12-13(2)8(6)10(9(14)15)3-7(11)4-10/h5,7H,3-4,11H2,1-2H3,(H,14,15). The van der Waals surface area contributed by atoms with Gasteiger partial charge in [-0.3, -0.25) is 9.48 Å². The van der Waals surface area contributed by atoms with E-state index in [4.69, 9.17) is 5.73 Å². The van der Waals surface area contributed by atoms with Crippen LogP contribution >= 0.6 is 0 Å². The Hall–Kier alpha value is -1.36. The zero-order chi connectivity index (χ0) is 11.2.